The van der Waals surface area contributed by atoms with Gasteiger partial charge in [0.05, 0.1) is 6.04 Å². The maximum absolute atomic E-state index is 9.47. The average Bonchev–Trinajstić information content (AvgIpc) is 2.53. The van der Waals surface area contributed by atoms with E-state index < -0.39 is 0 Å². The van der Waals surface area contributed by atoms with E-state index in [-0.39, 0.29) is 17.8 Å². The summed E-state index contributed by atoms with van der Waals surface area (Å²) in [5, 5.41) is 13.1. The van der Waals surface area contributed by atoms with E-state index in [0.717, 1.165) is 12.0 Å². The molecule has 2 atom stereocenters. The van der Waals surface area contributed by atoms with Gasteiger partial charge in [0.25, 0.3) is 0 Å². The van der Waals surface area contributed by atoms with Gasteiger partial charge in [-0.3, -0.25) is 0 Å². The Hall–Kier alpha value is -2.24. The van der Waals surface area contributed by atoms with E-state index in [9.17, 15) is 5.11 Å². The Morgan fingerprint density at radius 1 is 1.05 bits per heavy atom. The monoisotopic (exact) mass is 279 g/mol. The molecule has 108 valence electrons. The molecule has 0 aliphatic carbocycles. The molecule has 0 spiro atoms. The van der Waals surface area contributed by atoms with Gasteiger partial charge < -0.3 is 10.4 Å². The van der Waals surface area contributed by atoms with Crippen molar-refractivity contribution < 1.29 is 5.11 Å². The fraction of sp³-hybridized carbons (Fsp3) is 0.263. The van der Waals surface area contributed by atoms with Crippen LogP contribution in [0.5, 0.6) is 5.75 Å². The molecule has 0 radical (unpaired) electrons. The Morgan fingerprint density at radius 2 is 1.67 bits per heavy atom. The summed E-state index contributed by atoms with van der Waals surface area (Å²) >= 11 is 0. The van der Waals surface area contributed by atoms with Crippen molar-refractivity contribution in [2.45, 2.75) is 31.8 Å². The van der Waals surface area contributed by atoms with Gasteiger partial charge in [-0.25, -0.2) is 0 Å². The van der Waals surface area contributed by atoms with E-state index in [1.54, 1.807) is 12.1 Å². The lowest BCUT2D eigenvalue weighted by Gasteiger charge is -2.25. The highest BCUT2D eigenvalue weighted by molar-refractivity contribution is 5.35. The Balaban J connectivity index is 2.31. The third-order valence-electron chi connectivity index (χ3n) is 3.62. The van der Waals surface area contributed by atoms with Crippen molar-refractivity contribution in [3.63, 3.8) is 0 Å². The largest absolute Gasteiger partial charge is 0.508 e. The maximum Gasteiger partial charge on any atom is 0.115 e. The summed E-state index contributed by atoms with van der Waals surface area (Å²) in [6, 6.07) is 18.0. The van der Waals surface area contributed by atoms with Gasteiger partial charge in [-0.2, -0.15) is 0 Å². The summed E-state index contributed by atoms with van der Waals surface area (Å²) in [5.41, 5.74) is 2.31. The molecule has 0 aliphatic rings. The molecule has 0 aromatic heterocycles. The molecular weight excluding hydrogens is 258 g/mol. The molecule has 0 fully saturated rings. The van der Waals surface area contributed by atoms with E-state index >= 15 is 0 Å². The Bertz CT molecular complexity index is 583. The summed E-state index contributed by atoms with van der Waals surface area (Å²) in [6.45, 7) is 2.13. The van der Waals surface area contributed by atoms with Crippen LogP contribution in [0.2, 0.25) is 0 Å². The second kappa shape index (κ2) is 7.52. The molecule has 2 rings (SSSR count). The van der Waals surface area contributed by atoms with E-state index in [4.69, 9.17) is 6.42 Å². The normalized spacial score (nSPS) is 13.3. The van der Waals surface area contributed by atoms with Crippen LogP contribution in [0.1, 0.15) is 36.9 Å². The molecule has 2 unspecified atom stereocenters. The van der Waals surface area contributed by atoms with Gasteiger partial charge in [-0.1, -0.05) is 49.4 Å². The van der Waals surface area contributed by atoms with E-state index in [0.29, 0.717) is 6.42 Å². The topological polar surface area (TPSA) is 32.3 Å². The lowest BCUT2D eigenvalue weighted by atomic mass is 9.97. The minimum Gasteiger partial charge on any atom is -0.508 e. The Morgan fingerprint density at radius 3 is 2.24 bits per heavy atom. The highest BCUT2D eigenvalue weighted by Gasteiger charge is 2.17. The average molecular weight is 279 g/mol. The van der Waals surface area contributed by atoms with E-state index in [2.05, 4.69) is 30.3 Å². The fourth-order valence-corrected chi connectivity index (χ4v) is 2.40. The number of nitrogens with one attached hydrogen (secondary N) is 1. The van der Waals surface area contributed by atoms with Crippen LogP contribution >= 0.6 is 0 Å². The van der Waals surface area contributed by atoms with Gasteiger partial charge in [0.15, 0.2) is 0 Å². The van der Waals surface area contributed by atoms with Crippen molar-refractivity contribution in [3.05, 3.63) is 65.7 Å². The van der Waals surface area contributed by atoms with Gasteiger partial charge in [-0.15, -0.1) is 12.3 Å². The van der Waals surface area contributed by atoms with E-state index in [1.807, 2.05) is 30.3 Å². The quantitative estimate of drug-likeness (QED) is 0.787. The third kappa shape index (κ3) is 4.11. The van der Waals surface area contributed by atoms with Crippen LogP contribution < -0.4 is 5.32 Å². The summed E-state index contributed by atoms with van der Waals surface area (Å²) in [4.78, 5) is 0. The first-order valence-electron chi connectivity index (χ1n) is 7.28. The number of hydrogen-bond donors (Lipinski definition) is 2. The molecule has 2 aromatic rings. The second-order valence-corrected chi connectivity index (χ2v) is 5.12. The van der Waals surface area contributed by atoms with E-state index in [1.165, 1.54) is 5.56 Å². The number of phenols is 1. The summed E-state index contributed by atoms with van der Waals surface area (Å²) in [5.74, 6) is 3.01. The summed E-state index contributed by atoms with van der Waals surface area (Å²) in [7, 11) is 0. The van der Waals surface area contributed by atoms with Crippen LogP contribution in [-0.2, 0) is 0 Å². The van der Waals surface area contributed by atoms with Crippen LogP contribution in [0.3, 0.4) is 0 Å². The highest BCUT2D eigenvalue weighted by atomic mass is 16.3. The molecule has 2 N–H and O–H groups in total. The van der Waals surface area contributed by atoms with Gasteiger partial charge in [0, 0.05) is 12.5 Å². The molecule has 0 aliphatic heterocycles. The SMILES string of the molecule is C#CCC(CC)NC(c1ccccc1)c1ccc(O)cc1. The number of benzene rings is 2. The van der Waals surface area contributed by atoms with Crippen LogP contribution in [0, 0.1) is 12.3 Å². The summed E-state index contributed by atoms with van der Waals surface area (Å²) in [6.07, 6.45) is 7.14. The van der Waals surface area contributed by atoms with Crippen molar-refractivity contribution >= 4 is 0 Å². The number of hydrogen-bond acceptors (Lipinski definition) is 2. The first-order valence-corrected chi connectivity index (χ1v) is 7.28. The smallest absolute Gasteiger partial charge is 0.115 e. The summed E-state index contributed by atoms with van der Waals surface area (Å²) < 4.78 is 0. The number of terminal acetylenes is 1. The lowest BCUT2D eigenvalue weighted by Crippen LogP contribution is -2.32. The van der Waals surface area contributed by atoms with Crippen LogP contribution in [-0.4, -0.2) is 11.1 Å². The fourth-order valence-electron chi connectivity index (χ4n) is 2.40. The number of aromatic hydroxyl groups is 1. The minimum absolute atomic E-state index is 0.0742. The molecule has 0 bridgehead atoms. The zero-order chi connectivity index (χ0) is 15.1. The van der Waals surface area contributed by atoms with Crippen molar-refractivity contribution in [1.82, 2.24) is 5.32 Å². The van der Waals surface area contributed by atoms with Gasteiger partial charge >= 0.3 is 0 Å². The predicted octanol–water partition coefficient (Wildman–Crippen LogP) is 3.87. The molecular formula is C19H21NO. The minimum atomic E-state index is 0.0742. The molecule has 2 aromatic carbocycles. The Labute approximate surface area is 126 Å². The van der Waals surface area contributed by atoms with Crippen LogP contribution in [0.4, 0.5) is 0 Å². The van der Waals surface area contributed by atoms with Gasteiger partial charge in [0.1, 0.15) is 5.75 Å². The number of phenolic OH excluding ortho intramolecular Hbond substituents is 1. The molecule has 0 saturated carbocycles. The molecule has 0 heterocycles. The number of rotatable bonds is 6. The second-order valence-electron chi connectivity index (χ2n) is 5.12. The van der Waals surface area contributed by atoms with Crippen molar-refractivity contribution in [2.24, 2.45) is 0 Å². The zero-order valence-electron chi connectivity index (χ0n) is 12.3. The first-order chi connectivity index (χ1) is 10.2. The lowest BCUT2D eigenvalue weighted by molar-refractivity contribution is 0.462. The first kappa shape index (κ1) is 15.2. The molecule has 21 heavy (non-hydrogen) atoms. The third-order valence-corrected chi connectivity index (χ3v) is 3.62. The van der Waals surface area contributed by atoms with Crippen molar-refractivity contribution in [2.75, 3.05) is 0 Å². The van der Waals surface area contributed by atoms with Crippen molar-refractivity contribution in [3.8, 4) is 18.1 Å². The molecule has 2 heteroatoms. The zero-order valence-corrected chi connectivity index (χ0v) is 12.3. The van der Waals surface area contributed by atoms with Gasteiger partial charge in [0.2, 0.25) is 0 Å². The van der Waals surface area contributed by atoms with Crippen molar-refractivity contribution in [1.29, 1.82) is 0 Å². The van der Waals surface area contributed by atoms with Gasteiger partial charge in [-0.05, 0) is 29.7 Å². The molecule has 2 nitrogen and oxygen atoms in total. The van der Waals surface area contributed by atoms with Crippen LogP contribution in [0.25, 0.3) is 0 Å². The van der Waals surface area contributed by atoms with Crippen LogP contribution in [0.15, 0.2) is 54.6 Å². The standard InChI is InChI=1S/C19H21NO/c1-3-8-17(4-2)20-19(15-9-6-5-7-10-15)16-11-13-18(21)14-12-16/h1,5-7,9-14,17,19-21H,4,8H2,2H3. The maximum atomic E-state index is 9.47. The molecule has 0 saturated heterocycles. The Kier molecular flexibility index (Phi) is 5.43. The predicted molar refractivity (Wildman–Crippen MR) is 87.1 cm³/mol. The highest BCUT2D eigenvalue weighted by Crippen LogP contribution is 2.25. The molecule has 0 amide bonds.